The molecule has 0 aromatic heterocycles. The lowest BCUT2D eigenvalue weighted by Crippen LogP contribution is -2.32. The normalized spacial score (nSPS) is 14.5. The Bertz CT molecular complexity index is 1280. The maximum absolute atomic E-state index is 12.9. The summed E-state index contributed by atoms with van der Waals surface area (Å²) in [5.41, 5.74) is 1.45. The molecule has 3 aromatic carbocycles. The number of nitrogens with zero attached hydrogens (tertiary/aromatic N) is 1. The van der Waals surface area contributed by atoms with E-state index in [1.807, 2.05) is 30.3 Å². The smallest absolute Gasteiger partial charge is 0.293 e. The van der Waals surface area contributed by atoms with Crippen molar-refractivity contribution < 1.29 is 23.8 Å². The van der Waals surface area contributed by atoms with Crippen LogP contribution in [0.4, 0.5) is 4.79 Å². The van der Waals surface area contributed by atoms with Crippen molar-refractivity contribution in [2.24, 2.45) is 0 Å². The van der Waals surface area contributed by atoms with Gasteiger partial charge < -0.3 is 14.2 Å². The summed E-state index contributed by atoms with van der Waals surface area (Å²) >= 11 is 13.1. The second-order valence-electron chi connectivity index (χ2n) is 7.39. The highest BCUT2D eigenvalue weighted by atomic mass is 35.5. The van der Waals surface area contributed by atoms with Gasteiger partial charge in [-0.25, -0.2) is 0 Å². The van der Waals surface area contributed by atoms with Crippen molar-refractivity contribution in [2.75, 3.05) is 20.3 Å². The van der Waals surface area contributed by atoms with E-state index in [0.29, 0.717) is 37.8 Å². The molecule has 0 N–H and O–H groups in total. The molecule has 0 bridgehead atoms. The van der Waals surface area contributed by atoms with Crippen LogP contribution < -0.4 is 14.2 Å². The molecule has 1 aliphatic rings. The van der Waals surface area contributed by atoms with Crippen molar-refractivity contribution in [3.8, 4) is 17.2 Å². The van der Waals surface area contributed by atoms with E-state index < -0.39 is 0 Å². The molecule has 6 nitrogen and oxygen atoms in total. The molecule has 3 aromatic rings. The van der Waals surface area contributed by atoms with Gasteiger partial charge >= 0.3 is 0 Å². The highest BCUT2D eigenvalue weighted by molar-refractivity contribution is 8.18. The van der Waals surface area contributed by atoms with Gasteiger partial charge in [-0.2, -0.15) is 0 Å². The number of carbonyl (C=O) groups excluding carboxylic acids is 2. The lowest BCUT2D eigenvalue weighted by atomic mass is 10.1. The van der Waals surface area contributed by atoms with Crippen molar-refractivity contribution in [3.63, 3.8) is 0 Å². The Kier molecular flexibility index (Phi) is 8.23. The molecule has 0 aliphatic carbocycles. The monoisotopic (exact) mass is 529 g/mol. The number of hydrogen-bond acceptors (Lipinski definition) is 6. The topological polar surface area (TPSA) is 65.1 Å². The summed E-state index contributed by atoms with van der Waals surface area (Å²) < 4.78 is 16.9. The maximum Gasteiger partial charge on any atom is 0.293 e. The van der Waals surface area contributed by atoms with E-state index in [2.05, 4.69) is 0 Å². The van der Waals surface area contributed by atoms with Crippen LogP contribution in [0.3, 0.4) is 0 Å². The van der Waals surface area contributed by atoms with Crippen LogP contribution in [0.5, 0.6) is 17.2 Å². The summed E-state index contributed by atoms with van der Waals surface area (Å²) in [6.45, 7) is 0.489. The van der Waals surface area contributed by atoms with Gasteiger partial charge in [-0.3, -0.25) is 14.5 Å². The van der Waals surface area contributed by atoms with Crippen LogP contribution in [0.1, 0.15) is 11.1 Å². The third kappa shape index (κ3) is 6.11. The molecule has 2 amide bonds. The zero-order chi connectivity index (χ0) is 24.8. The molecule has 1 aliphatic heterocycles. The minimum Gasteiger partial charge on any atom is -0.493 e. The fourth-order valence-electron chi connectivity index (χ4n) is 3.34. The number of hydrogen-bond donors (Lipinski definition) is 0. The van der Waals surface area contributed by atoms with E-state index in [9.17, 15) is 9.59 Å². The Morgan fingerprint density at radius 3 is 2.37 bits per heavy atom. The Balaban J connectivity index is 1.42. The number of ether oxygens (including phenoxy) is 3. The van der Waals surface area contributed by atoms with Gasteiger partial charge in [0.2, 0.25) is 0 Å². The van der Waals surface area contributed by atoms with Crippen LogP contribution in [0, 0.1) is 0 Å². The van der Waals surface area contributed by atoms with Gasteiger partial charge in [0, 0.05) is 21.2 Å². The number of amides is 2. The number of rotatable bonds is 9. The SMILES string of the molecule is COc1ccccc1OCCN1C(=O)S/C(=C\c2ccccc2OCc2ccc(Cl)cc2Cl)C1=O. The van der Waals surface area contributed by atoms with Gasteiger partial charge in [0.1, 0.15) is 19.0 Å². The Morgan fingerprint density at radius 2 is 1.63 bits per heavy atom. The fourth-order valence-corrected chi connectivity index (χ4v) is 4.66. The van der Waals surface area contributed by atoms with E-state index in [4.69, 9.17) is 37.4 Å². The molecule has 1 fully saturated rings. The minimum absolute atomic E-state index is 0.118. The molecule has 35 heavy (non-hydrogen) atoms. The zero-order valence-corrected chi connectivity index (χ0v) is 21.0. The summed E-state index contributed by atoms with van der Waals surface area (Å²) in [6, 6.07) is 19.7. The molecule has 4 rings (SSSR count). The van der Waals surface area contributed by atoms with Gasteiger partial charge in [-0.05, 0) is 48.2 Å². The lowest BCUT2D eigenvalue weighted by molar-refractivity contribution is -0.123. The molecule has 1 heterocycles. The van der Waals surface area contributed by atoms with Gasteiger partial charge in [0.15, 0.2) is 11.5 Å². The molecular formula is C26H21Cl2NO5S. The van der Waals surface area contributed by atoms with Crippen LogP contribution in [-0.2, 0) is 11.4 Å². The van der Waals surface area contributed by atoms with Gasteiger partial charge in [0.05, 0.1) is 18.6 Å². The van der Waals surface area contributed by atoms with Crippen molar-refractivity contribution in [3.05, 3.63) is 92.8 Å². The van der Waals surface area contributed by atoms with Crippen LogP contribution in [0.25, 0.3) is 6.08 Å². The maximum atomic E-state index is 12.9. The Labute approximate surface area is 217 Å². The Morgan fingerprint density at radius 1 is 0.914 bits per heavy atom. The second-order valence-corrected chi connectivity index (χ2v) is 9.23. The molecule has 9 heteroatoms. The summed E-state index contributed by atoms with van der Waals surface area (Å²) in [7, 11) is 1.55. The molecule has 0 saturated carbocycles. The predicted molar refractivity (Wildman–Crippen MR) is 138 cm³/mol. The van der Waals surface area contributed by atoms with Crippen LogP contribution in [0.15, 0.2) is 71.6 Å². The highest BCUT2D eigenvalue weighted by Crippen LogP contribution is 2.34. The number of thioether (sulfide) groups is 1. The van der Waals surface area contributed by atoms with E-state index in [1.54, 1.807) is 49.6 Å². The van der Waals surface area contributed by atoms with Gasteiger partial charge in [-0.1, -0.05) is 59.6 Å². The standard InChI is InChI=1S/C26H21Cl2NO5S/c1-32-22-8-4-5-9-23(22)33-13-12-29-25(30)24(35-26(29)31)14-17-6-2-3-7-21(17)34-16-18-10-11-19(27)15-20(18)28/h2-11,14-15H,12-13,16H2,1H3/b24-14-. The first-order chi connectivity index (χ1) is 17.0. The largest absolute Gasteiger partial charge is 0.493 e. The molecule has 0 spiro atoms. The number of benzene rings is 3. The first-order valence-corrected chi connectivity index (χ1v) is 12.2. The average Bonchev–Trinajstić information content (AvgIpc) is 3.12. The summed E-state index contributed by atoms with van der Waals surface area (Å²) in [4.78, 5) is 26.9. The van der Waals surface area contributed by atoms with E-state index in [0.717, 1.165) is 17.3 Å². The van der Waals surface area contributed by atoms with Crippen molar-refractivity contribution in [1.82, 2.24) is 4.90 Å². The molecular weight excluding hydrogens is 509 g/mol. The summed E-state index contributed by atoms with van der Waals surface area (Å²) in [5, 5.41) is 0.700. The van der Waals surface area contributed by atoms with Crippen molar-refractivity contribution in [2.45, 2.75) is 6.61 Å². The van der Waals surface area contributed by atoms with E-state index in [1.165, 1.54) is 4.90 Å². The lowest BCUT2D eigenvalue weighted by Gasteiger charge is -2.14. The zero-order valence-electron chi connectivity index (χ0n) is 18.7. The van der Waals surface area contributed by atoms with Gasteiger partial charge in [0.25, 0.3) is 11.1 Å². The van der Waals surface area contributed by atoms with Crippen molar-refractivity contribution in [1.29, 1.82) is 0 Å². The fraction of sp³-hybridized carbons (Fsp3) is 0.154. The molecule has 0 atom stereocenters. The van der Waals surface area contributed by atoms with Crippen LogP contribution in [0.2, 0.25) is 10.0 Å². The van der Waals surface area contributed by atoms with Crippen LogP contribution in [-0.4, -0.2) is 36.3 Å². The molecule has 0 unspecified atom stereocenters. The quantitative estimate of drug-likeness (QED) is 0.287. The summed E-state index contributed by atoms with van der Waals surface area (Å²) in [6.07, 6.45) is 1.66. The molecule has 1 saturated heterocycles. The second kappa shape index (κ2) is 11.5. The van der Waals surface area contributed by atoms with E-state index >= 15 is 0 Å². The number of carbonyl (C=O) groups is 2. The number of para-hydroxylation sites is 3. The van der Waals surface area contributed by atoms with Gasteiger partial charge in [-0.15, -0.1) is 0 Å². The van der Waals surface area contributed by atoms with Crippen LogP contribution >= 0.6 is 35.0 Å². The summed E-state index contributed by atoms with van der Waals surface area (Å²) in [5.74, 6) is 1.31. The predicted octanol–water partition coefficient (Wildman–Crippen LogP) is 6.70. The van der Waals surface area contributed by atoms with E-state index in [-0.39, 0.29) is 30.9 Å². The van der Waals surface area contributed by atoms with Crippen molar-refractivity contribution >= 4 is 52.2 Å². The molecule has 180 valence electrons. The third-order valence-corrected chi connectivity index (χ3v) is 6.61. The number of imide groups is 1. The Hall–Kier alpha value is -3.13. The number of methoxy groups -OCH3 is 1. The first kappa shape index (κ1) is 25.0. The third-order valence-electron chi connectivity index (χ3n) is 5.12. The average molecular weight is 530 g/mol. The highest BCUT2D eigenvalue weighted by Gasteiger charge is 2.35. The first-order valence-electron chi connectivity index (χ1n) is 10.6. The minimum atomic E-state index is -0.376. The number of halogens is 2. The molecule has 0 radical (unpaired) electrons.